The van der Waals surface area contributed by atoms with E-state index in [4.69, 9.17) is 0 Å². The lowest BCUT2D eigenvalue weighted by molar-refractivity contribution is 0.414. The minimum atomic E-state index is -3.81. The van der Waals surface area contributed by atoms with Crippen molar-refractivity contribution in [2.45, 2.75) is 11.3 Å². The number of hydrogen-bond acceptors (Lipinski definition) is 7. The third-order valence-corrected chi connectivity index (χ3v) is 6.52. The van der Waals surface area contributed by atoms with Crippen LogP contribution in [0.2, 0.25) is 0 Å². The van der Waals surface area contributed by atoms with Crippen molar-refractivity contribution in [3.05, 3.63) is 48.4 Å². The molecule has 0 aliphatic carbocycles. The summed E-state index contributed by atoms with van der Waals surface area (Å²) in [5, 5.41) is 0.897. The number of benzene rings is 1. The van der Waals surface area contributed by atoms with Gasteiger partial charge in [0.2, 0.25) is 0 Å². The Morgan fingerprint density at radius 1 is 1.19 bits per heavy atom. The molecule has 0 radical (unpaired) electrons. The van der Waals surface area contributed by atoms with Gasteiger partial charge in [0, 0.05) is 24.3 Å². The number of fused-ring (bicyclic) bond motifs is 2. The van der Waals surface area contributed by atoms with Gasteiger partial charge >= 0.3 is 0 Å². The molecule has 7 nitrogen and oxygen atoms in total. The zero-order valence-electron chi connectivity index (χ0n) is 14.3. The van der Waals surface area contributed by atoms with Crippen molar-refractivity contribution in [1.82, 2.24) is 22.6 Å². The van der Waals surface area contributed by atoms with E-state index in [-0.39, 0.29) is 4.90 Å². The highest BCUT2D eigenvalue weighted by Gasteiger charge is 2.24. The summed E-state index contributed by atoms with van der Waals surface area (Å²) in [6.07, 6.45) is 5.72. The molecule has 0 N–H and O–H groups in total. The van der Waals surface area contributed by atoms with E-state index in [9.17, 15) is 8.42 Å². The quantitative estimate of drug-likeness (QED) is 0.523. The molecule has 4 aromatic rings. The molecule has 0 unspecified atom stereocenters. The lowest BCUT2D eigenvalue weighted by Crippen LogP contribution is -2.15. The normalized spacial score (nSPS) is 12.4. The molecule has 4 rings (SSSR count). The Bertz CT molecular complexity index is 1190. The molecule has 0 bridgehead atoms. The number of pyridine rings is 1. The first-order valence-electron chi connectivity index (χ1n) is 8.04. The fourth-order valence-electron chi connectivity index (χ4n) is 2.95. The fourth-order valence-corrected chi connectivity index (χ4v) is 5.09. The van der Waals surface area contributed by atoms with Crippen LogP contribution in [0.15, 0.2) is 47.8 Å². The van der Waals surface area contributed by atoms with Gasteiger partial charge in [0.05, 0.1) is 23.4 Å². The first-order chi connectivity index (χ1) is 12.5. The van der Waals surface area contributed by atoms with Gasteiger partial charge in [0.15, 0.2) is 0 Å². The molecule has 0 saturated heterocycles. The van der Waals surface area contributed by atoms with Gasteiger partial charge in [-0.3, -0.25) is 4.98 Å². The minimum absolute atomic E-state index is 0.156. The van der Waals surface area contributed by atoms with Gasteiger partial charge in [-0.1, -0.05) is 6.07 Å². The number of aromatic nitrogens is 4. The molecule has 0 saturated carbocycles. The Morgan fingerprint density at radius 2 is 2.04 bits per heavy atom. The molecule has 0 aliphatic rings. The van der Waals surface area contributed by atoms with Crippen LogP contribution >= 0.6 is 11.7 Å². The van der Waals surface area contributed by atoms with Gasteiger partial charge in [-0.05, 0) is 44.3 Å². The van der Waals surface area contributed by atoms with E-state index in [1.807, 2.05) is 20.2 Å². The first kappa shape index (κ1) is 17.1. The van der Waals surface area contributed by atoms with E-state index >= 15 is 0 Å². The van der Waals surface area contributed by atoms with Crippen LogP contribution in [0.5, 0.6) is 0 Å². The standard InChI is InChI=1S/C17H17N5O2S2/c1-21(2)9-7-12-11-22(15-10-18-8-6-13(12)15)26(23,24)16-5-3-4-14-17(16)20-25-19-14/h3-6,8,10-11H,7,9H2,1-2H3. The van der Waals surface area contributed by atoms with Crippen molar-refractivity contribution in [2.75, 3.05) is 20.6 Å². The van der Waals surface area contributed by atoms with Gasteiger partial charge in [-0.25, -0.2) is 12.4 Å². The van der Waals surface area contributed by atoms with E-state index in [0.717, 1.165) is 35.6 Å². The summed E-state index contributed by atoms with van der Waals surface area (Å²) in [5.41, 5.74) is 2.53. The molecular weight excluding hydrogens is 370 g/mol. The van der Waals surface area contributed by atoms with Gasteiger partial charge in [-0.15, -0.1) is 0 Å². The highest BCUT2D eigenvalue weighted by Crippen LogP contribution is 2.28. The highest BCUT2D eigenvalue weighted by molar-refractivity contribution is 7.90. The molecule has 26 heavy (non-hydrogen) atoms. The van der Waals surface area contributed by atoms with Crippen molar-refractivity contribution in [1.29, 1.82) is 0 Å². The smallest absolute Gasteiger partial charge is 0.270 e. The largest absolute Gasteiger partial charge is 0.309 e. The van der Waals surface area contributed by atoms with Crippen molar-refractivity contribution in [3.63, 3.8) is 0 Å². The second-order valence-corrected chi connectivity index (χ2v) is 8.60. The van der Waals surface area contributed by atoms with Gasteiger partial charge in [0.1, 0.15) is 15.9 Å². The van der Waals surface area contributed by atoms with Crippen LogP contribution in [0.1, 0.15) is 5.56 Å². The van der Waals surface area contributed by atoms with Crippen molar-refractivity contribution in [3.8, 4) is 0 Å². The van der Waals surface area contributed by atoms with Crippen LogP contribution in [-0.2, 0) is 16.4 Å². The maximum Gasteiger partial charge on any atom is 0.270 e. The lowest BCUT2D eigenvalue weighted by atomic mass is 10.1. The molecule has 1 aromatic carbocycles. The zero-order valence-corrected chi connectivity index (χ0v) is 16.0. The van der Waals surface area contributed by atoms with Crippen LogP contribution in [0.4, 0.5) is 0 Å². The Kier molecular flexibility index (Phi) is 4.22. The molecule has 0 spiro atoms. The number of rotatable bonds is 5. The Hall–Kier alpha value is -2.36. The lowest BCUT2D eigenvalue weighted by Gasteiger charge is -2.08. The predicted octanol–water partition coefficient (Wildman–Crippen LogP) is 2.38. The molecule has 0 fully saturated rings. The van der Waals surface area contributed by atoms with Gasteiger partial charge in [-0.2, -0.15) is 8.75 Å². The second-order valence-electron chi connectivity index (χ2n) is 6.29. The third-order valence-electron chi connectivity index (χ3n) is 4.27. The van der Waals surface area contributed by atoms with E-state index in [0.29, 0.717) is 16.6 Å². The van der Waals surface area contributed by atoms with E-state index < -0.39 is 10.0 Å². The summed E-state index contributed by atoms with van der Waals surface area (Å²) < 4.78 is 36.4. The summed E-state index contributed by atoms with van der Waals surface area (Å²) in [7, 11) is 0.174. The summed E-state index contributed by atoms with van der Waals surface area (Å²) in [5.74, 6) is 0. The second kappa shape index (κ2) is 6.42. The Morgan fingerprint density at radius 3 is 2.85 bits per heavy atom. The SMILES string of the molecule is CN(C)CCc1cn(S(=O)(=O)c2cccc3nsnc23)c2cnccc12. The van der Waals surface area contributed by atoms with Crippen molar-refractivity contribution >= 4 is 43.7 Å². The Balaban J connectivity index is 1.92. The van der Waals surface area contributed by atoms with E-state index in [1.165, 1.54) is 3.97 Å². The predicted molar refractivity (Wildman–Crippen MR) is 102 cm³/mol. The van der Waals surface area contributed by atoms with E-state index in [1.54, 1.807) is 36.8 Å². The van der Waals surface area contributed by atoms with Crippen LogP contribution in [0.3, 0.4) is 0 Å². The maximum atomic E-state index is 13.4. The molecule has 0 atom stereocenters. The van der Waals surface area contributed by atoms with Crippen LogP contribution in [-0.4, -0.2) is 51.7 Å². The van der Waals surface area contributed by atoms with Gasteiger partial charge in [0.25, 0.3) is 10.0 Å². The minimum Gasteiger partial charge on any atom is -0.309 e. The highest BCUT2D eigenvalue weighted by atomic mass is 32.2. The van der Waals surface area contributed by atoms with Crippen molar-refractivity contribution in [2.24, 2.45) is 0 Å². The number of nitrogens with zero attached hydrogens (tertiary/aromatic N) is 5. The fraction of sp³-hybridized carbons (Fsp3) is 0.235. The molecule has 134 valence electrons. The third kappa shape index (κ3) is 2.77. The number of likely N-dealkylation sites (N-methyl/N-ethyl adjacent to an activating group) is 1. The summed E-state index contributed by atoms with van der Waals surface area (Å²) in [6.45, 7) is 0.826. The van der Waals surface area contributed by atoms with E-state index in [2.05, 4.69) is 18.6 Å². The van der Waals surface area contributed by atoms with Gasteiger partial charge < -0.3 is 4.90 Å². The molecular formula is C17H17N5O2S2. The average Bonchev–Trinajstić information content (AvgIpc) is 3.24. The summed E-state index contributed by atoms with van der Waals surface area (Å²) in [4.78, 5) is 6.35. The molecule has 3 aromatic heterocycles. The number of hydrogen-bond donors (Lipinski definition) is 0. The van der Waals surface area contributed by atoms with Crippen molar-refractivity contribution < 1.29 is 8.42 Å². The Labute approximate surface area is 155 Å². The van der Waals surface area contributed by atoms with Crippen LogP contribution in [0.25, 0.3) is 21.9 Å². The van der Waals surface area contributed by atoms with Crippen LogP contribution in [0, 0.1) is 0 Å². The monoisotopic (exact) mass is 387 g/mol. The van der Waals surface area contributed by atoms with Crippen LogP contribution < -0.4 is 0 Å². The molecule has 9 heteroatoms. The molecule has 3 heterocycles. The average molecular weight is 387 g/mol. The molecule has 0 amide bonds. The topological polar surface area (TPSA) is 81.0 Å². The summed E-state index contributed by atoms with van der Waals surface area (Å²) in [6, 6.07) is 6.88. The maximum absolute atomic E-state index is 13.4. The first-order valence-corrected chi connectivity index (χ1v) is 10.2. The zero-order chi connectivity index (χ0) is 18.3. The molecule has 0 aliphatic heterocycles. The summed E-state index contributed by atoms with van der Waals surface area (Å²) >= 11 is 1.01.